The smallest absolute Gasteiger partial charge is 0.252 e. The molecule has 0 unspecified atom stereocenters. The van der Waals surface area contributed by atoms with E-state index in [-0.39, 0.29) is 6.71 Å². The van der Waals surface area contributed by atoms with E-state index < -0.39 is 0 Å². The standard InChI is InChI=1S/C58H46BN3/c1-39-21-27-47(28-22-39)61-54-33-41(3)25-31-52(54)59-53-32-26-42(4)34-55(53)62(48-29-23-40(2)24-30-48)57-38-51(37-56(61)58(57)59)60(49-19-11-17-45(35-49)43-13-7-5-8-14-43)50-20-12-18-46(36-50)44-15-9-6-10-16-44/h5-38H,1-4H3. The molecule has 2 heterocycles. The van der Waals surface area contributed by atoms with Gasteiger partial charge >= 0.3 is 0 Å². The molecule has 62 heavy (non-hydrogen) atoms. The Balaban J connectivity index is 1.24. The van der Waals surface area contributed by atoms with Crippen LogP contribution >= 0.6 is 0 Å². The average molecular weight is 796 g/mol. The van der Waals surface area contributed by atoms with Crippen LogP contribution in [0.5, 0.6) is 0 Å². The largest absolute Gasteiger partial charge is 0.311 e. The van der Waals surface area contributed by atoms with Crippen LogP contribution in [-0.4, -0.2) is 6.71 Å². The Bertz CT molecular complexity index is 2910. The van der Waals surface area contributed by atoms with E-state index in [9.17, 15) is 0 Å². The normalized spacial score (nSPS) is 12.4. The lowest BCUT2D eigenvalue weighted by molar-refractivity contribution is 1.22. The Morgan fingerprint density at radius 2 is 0.726 bits per heavy atom. The summed E-state index contributed by atoms with van der Waals surface area (Å²) in [5.41, 5.74) is 23.9. The van der Waals surface area contributed by atoms with Gasteiger partial charge in [-0.2, -0.15) is 0 Å². The van der Waals surface area contributed by atoms with Gasteiger partial charge in [-0.25, -0.2) is 0 Å². The summed E-state index contributed by atoms with van der Waals surface area (Å²) in [4.78, 5) is 7.50. The van der Waals surface area contributed by atoms with Gasteiger partial charge in [0, 0.05) is 45.5 Å². The summed E-state index contributed by atoms with van der Waals surface area (Å²) in [6, 6.07) is 76.5. The monoisotopic (exact) mass is 795 g/mol. The van der Waals surface area contributed by atoms with Crippen LogP contribution < -0.4 is 31.1 Å². The van der Waals surface area contributed by atoms with Gasteiger partial charge in [0.15, 0.2) is 0 Å². The molecule has 0 saturated heterocycles. The van der Waals surface area contributed by atoms with Crippen molar-refractivity contribution in [3.63, 3.8) is 0 Å². The lowest BCUT2D eigenvalue weighted by Gasteiger charge is -2.45. The first-order valence-corrected chi connectivity index (χ1v) is 21.6. The first kappa shape index (κ1) is 37.4. The fourth-order valence-electron chi connectivity index (χ4n) is 9.63. The number of benzene rings is 9. The minimum Gasteiger partial charge on any atom is -0.311 e. The van der Waals surface area contributed by atoms with Crippen LogP contribution in [-0.2, 0) is 0 Å². The molecule has 0 fully saturated rings. The fourth-order valence-corrected chi connectivity index (χ4v) is 9.63. The van der Waals surface area contributed by atoms with Gasteiger partial charge in [0.05, 0.1) is 5.69 Å². The van der Waals surface area contributed by atoms with E-state index in [1.54, 1.807) is 0 Å². The molecule has 2 aliphatic rings. The number of hydrogen-bond acceptors (Lipinski definition) is 3. The molecular formula is C58H46BN3. The SMILES string of the molecule is Cc1ccc(N2c3cc(C)ccc3B3c4ccc(C)cc4N(c4ccc(C)cc4)c4cc(N(c5cccc(-c6ccccc6)c5)c5cccc(-c6ccccc6)c5)cc2c43)cc1. The number of fused-ring (bicyclic) bond motifs is 4. The van der Waals surface area contributed by atoms with Crippen LogP contribution in [0.25, 0.3) is 22.3 Å². The van der Waals surface area contributed by atoms with Gasteiger partial charge < -0.3 is 14.7 Å². The van der Waals surface area contributed by atoms with Crippen molar-refractivity contribution in [2.24, 2.45) is 0 Å². The van der Waals surface area contributed by atoms with Gasteiger partial charge in [-0.15, -0.1) is 0 Å². The molecule has 0 spiro atoms. The second kappa shape index (κ2) is 15.2. The van der Waals surface area contributed by atoms with Crippen LogP contribution in [0.2, 0.25) is 0 Å². The highest BCUT2D eigenvalue weighted by molar-refractivity contribution is 7.00. The molecule has 0 aromatic heterocycles. The molecule has 0 N–H and O–H groups in total. The van der Waals surface area contributed by atoms with Gasteiger partial charge in [-0.05, 0) is 150 Å². The van der Waals surface area contributed by atoms with E-state index in [0.717, 1.165) is 28.4 Å². The Hall–Kier alpha value is -7.56. The van der Waals surface area contributed by atoms with E-state index in [2.05, 4.69) is 249 Å². The molecule has 0 saturated carbocycles. The Kier molecular flexibility index (Phi) is 9.16. The van der Waals surface area contributed by atoms with Crippen molar-refractivity contribution >= 4 is 74.3 Å². The number of nitrogens with zero attached hydrogens (tertiary/aromatic N) is 3. The van der Waals surface area contributed by atoms with Crippen molar-refractivity contribution in [1.82, 2.24) is 0 Å². The van der Waals surface area contributed by atoms with E-state index >= 15 is 0 Å². The second-order valence-electron chi connectivity index (χ2n) is 17.0. The van der Waals surface area contributed by atoms with Crippen molar-refractivity contribution in [3.8, 4) is 22.3 Å². The molecule has 0 radical (unpaired) electrons. The highest BCUT2D eigenvalue weighted by Gasteiger charge is 2.44. The minimum atomic E-state index is 0.0277. The van der Waals surface area contributed by atoms with Gasteiger partial charge in [0.1, 0.15) is 0 Å². The summed E-state index contributed by atoms with van der Waals surface area (Å²) >= 11 is 0. The summed E-state index contributed by atoms with van der Waals surface area (Å²) in [5, 5.41) is 0. The van der Waals surface area contributed by atoms with Crippen molar-refractivity contribution in [3.05, 3.63) is 229 Å². The Morgan fingerprint density at radius 3 is 1.16 bits per heavy atom. The van der Waals surface area contributed by atoms with E-state index in [0.29, 0.717) is 0 Å². The number of rotatable bonds is 7. The van der Waals surface area contributed by atoms with Gasteiger partial charge in [0.2, 0.25) is 0 Å². The second-order valence-corrected chi connectivity index (χ2v) is 17.0. The summed E-state index contributed by atoms with van der Waals surface area (Å²) < 4.78 is 0. The summed E-state index contributed by atoms with van der Waals surface area (Å²) in [5.74, 6) is 0. The first-order chi connectivity index (χ1) is 30.4. The maximum absolute atomic E-state index is 2.52. The summed E-state index contributed by atoms with van der Waals surface area (Å²) in [6.45, 7) is 8.78. The van der Waals surface area contributed by atoms with Crippen molar-refractivity contribution in [2.75, 3.05) is 14.7 Å². The zero-order chi connectivity index (χ0) is 41.9. The fraction of sp³-hybridized carbons (Fsp3) is 0.0690. The van der Waals surface area contributed by atoms with Gasteiger partial charge in [0.25, 0.3) is 6.71 Å². The quantitative estimate of drug-likeness (QED) is 0.149. The van der Waals surface area contributed by atoms with Gasteiger partial charge in [-0.1, -0.05) is 145 Å². The lowest BCUT2D eigenvalue weighted by Crippen LogP contribution is -2.61. The van der Waals surface area contributed by atoms with E-state index in [1.807, 2.05) is 0 Å². The molecule has 2 aliphatic heterocycles. The minimum absolute atomic E-state index is 0.0277. The highest BCUT2D eigenvalue weighted by atomic mass is 15.2. The van der Waals surface area contributed by atoms with Crippen LogP contribution in [0, 0.1) is 27.7 Å². The zero-order valence-electron chi connectivity index (χ0n) is 35.5. The molecule has 4 heteroatoms. The van der Waals surface area contributed by atoms with Crippen molar-refractivity contribution in [2.45, 2.75) is 27.7 Å². The Morgan fingerprint density at radius 1 is 0.323 bits per heavy atom. The molecule has 9 aromatic carbocycles. The van der Waals surface area contributed by atoms with Gasteiger partial charge in [-0.3, -0.25) is 0 Å². The molecule has 0 aliphatic carbocycles. The Labute approximate surface area is 365 Å². The third-order valence-corrected chi connectivity index (χ3v) is 12.6. The number of aryl methyl sites for hydroxylation is 4. The molecule has 0 bridgehead atoms. The van der Waals surface area contributed by atoms with Crippen LogP contribution in [0.1, 0.15) is 22.3 Å². The topological polar surface area (TPSA) is 9.72 Å². The zero-order valence-corrected chi connectivity index (χ0v) is 35.5. The van der Waals surface area contributed by atoms with Crippen LogP contribution in [0.4, 0.5) is 51.2 Å². The molecule has 9 aromatic rings. The molecule has 3 nitrogen and oxygen atoms in total. The van der Waals surface area contributed by atoms with Crippen LogP contribution in [0.15, 0.2) is 206 Å². The van der Waals surface area contributed by atoms with E-state index in [4.69, 9.17) is 0 Å². The molecule has 0 amide bonds. The number of hydrogen-bond donors (Lipinski definition) is 0. The third-order valence-electron chi connectivity index (χ3n) is 12.6. The third kappa shape index (κ3) is 6.47. The number of anilines is 9. The predicted octanol–water partition coefficient (Wildman–Crippen LogP) is 13.8. The van der Waals surface area contributed by atoms with Crippen LogP contribution in [0.3, 0.4) is 0 Å². The molecular weight excluding hydrogens is 749 g/mol. The first-order valence-electron chi connectivity index (χ1n) is 21.6. The van der Waals surface area contributed by atoms with Crippen molar-refractivity contribution < 1.29 is 0 Å². The molecule has 0 atom stereocenters. The maximum Gasteiger partial charge on any atom is 0.252 e. The molecule has 11 rings (SSSR count). The average Bonchev–Trinajstić information content (AvgIpc) is 3.30. The summed E-state index contributed by atoms with van der Waals surface area (Å²) in [7, 11) is 0. The highest BCUT2D eigenvalue weighted by Crippen LogP contribution is 2.49. The lowest BCUT2D eigenvalue weighted by atomic mass is 9.33. The van der Waals surface area contributed by atoms with E-state index in [1.165, 1.54) is 83.6 Å². The van der Waals surface area contributed by atoms with Crippen molar-refractivity contribution in [1.29, 1.82) is 0 Å². The predicted molar refractivity (Wildman–Crippen MR) is 265 cm³/mol. The maximum atomic E-state index is 2.52. The molecule has 296 valence electrons. The summed E-state index contributed by atoms with van der Waals surface area (Å²) in [6.07, 6.45) is 0.